The van der Waals surface area contributed by atoms with Crippen LogP contribution in [0.5, 0.6) is 0 Å². The van der Waals surface area contributed by atoms with Crippen molar-refractivity contribution in [3.8, 4) is 6.07 Å². The summed E-state index contributed by atoms with van der Waals surface area (Å²) in [5.41, 5.74) is 6.42. The Kier molecular flexibility index (Phi) is 4.77. The zero-order chi connectivity index (χ0) is 20.8. The van der Waals surface area contributed by atoms with Gasteiger partial charge in [0, 0.05) is 25.2 Å². The molecule has 28 heavy (non-hydrogen) atoms. The van der Waals surface area contributed by atoms with Crippen LogP contribution >= 0.6 is 0 Å². The van der Waals surface area contributed by atoms with Crippen LogP contribution < -0.4 is 11.3 Å². The summed E-state index contributed by atoms with van der Waals surface area (Å²) in [6.45, 7) is 4.14. The van der Waals surface area contributed by atoms with Crippen LogP contribution in [-0.4, -0.2) is 14.3 Å². The predicted octanol–water partition coefficient (Wildman–Crippen LogP) is 3.00. The molecule has 0 aliphatic rings. The second-order valence-electron chi connectivity index (χ2n) is 6.53. The zero-order valence-corrected chi connectivity index (χ0v) is 15.5. The van der Waals surface area contributed by atoms with Crippen molar-refractivity contribution in [2.45, 2.75) is 32.6 Å². The Hall–Kier alpha value is -3.12. The highest BCUT2D eigenvalue weighted by Crippen LogP contribution is 2.34. The van der Waals surface area contributed by atoms with Crippen molar-refractivity contribution in [1.29, 1.82) is 5.26 Å². The lowest BCUT2D eigenvalue weighted by atomic mass is 9.96. The van der Waals surface area contributed by atoms with Gasteiger partial charge in [0.05, 0.1) is 28.9 Å². The smallest absolute Gasteiger partial charge is 0.319 e. The summed E-state index contributed by atoms with van der Waals surface area (Å²) in [4.78, 5) is 12.6. The number of nitrogens with two attached hydrogens (primary N) is 1. The number of alkyl halides is 3. The van der Waals surface area contributed by atoms with Gasteiger partial charge >= 0.3 is 6.18 Å². The molecule has 0 saturated carbocycles. The SMILES string of the molecule is CCn1cc(C)c2c(C(N)c3ccc(C(F)(F)F)c(C#N)c3)n(C)nc2c1=O. The summed E-state index contributed by atoms with van der Waals surface area (Å²) in [6.07, 6.45) is -2.93. The first-order valence-corrected chi connectivity index (χ1v) is 8.53. The van der Waals surface area contributed by atoms with E-state index in [1.54, 1.807) is 19.3 Å². The third-order valence-electron chi connectivity index (χ3n) is 4.76. The first-order valence-electron chi connectivity index (χ1n) is 8.53. The molecule has 1 atom stereocenters. The van der Waals surface area contributed by atoms with Crippen molar-refractivity contribution in [3.63, 3.8) is 0 Å². The van der Waals surface area contributed by atoms with Gasteiger partial charge in [-0.1, -0.05) is 6.07 Å². The maximum Gasteiger partial charge on any atom is 0.417 e. The summed E-state index contributed by atoms with van der Waals surface area (Å²) < 4.78 is 42.1. The van der Waals surface area contributed by atoms with E-state index in [-0.39, 0.29) is 11.1 Å². The number of benzene rings is 1. The van der Waals surface area contributed by atoms with Crippen LogP contribution in [0.1, 0.15) is 40.9 Å². The van der Waals surface area contributed by atoms with Crippen molar-refractivity contribution in [1.82, 2.24) is 14.3 Å². The van der Waals surface area contributed by atoms with E-state index in [2.05, 4.69) is 5.10 Å². The molecule has 3 rings (SSSR count). The molecule has 0 saturated heterocycles. The van der Waals surface area contributed by atoms with E-state index in [4.69, 9.17) is 11.0 Å². The minimum atomic E-state index is -4.63. The van der Waals surface area contributed by atoms with E-state index in [1.165, 1.54) is 15.3 Å². The van der Waals surface area contributed by atoms with Gasteiger partial charge in [0.25, 0.3) is 5.56 Å². The van der Waals surface area contributed by atoms with E-state index in [0.29, 0.717) is 23.2 Å². The Labute approximate surface area is 158 Å². The van der Waals surface area contributed by atoms with Crippen LogP contribution in [0.2, 0.25) is 0 Å². The largest absolute Gasteiger partial charge is 0.417 e. The molecule has 1 aromatic carbocycles. The highest BCUT2D eigenvalue weighted by Gasteiger charge is 2.34. The van der Waals surface area contributed by atoms with Crippen LogP contribution in [0.25, 0.3) is 10.9 Å². The Balaban J connectivity index is 2.22. The number of nitriles is 1. The fourth-order valence-corrected chi connectivity index (χ4v) is 3.41. The number of rotatable bonds is 3. The van der Waals surface area contributed by atoms with Crippen LogP contribution in [-0.2, 0) is 19.8 Å². The van der Waals surface area contributed by atoms with E-state index >= 15 is 0 Å². The Morgan fingerprint density at radius 2 is 2.04 bits per heavy atom. The quantitative estimate of drug-likeness (QED) is 0.746. The molecule has 6 nitrogen and oxygen atoms in total. The lowest BCUT2D eigenvalue weighted by Gasteiger charge is -2.16. The molecule has 1 unspecified atom stereocenters. The number of aromatic nitrogens is 3. The summed E-state index contributed by atoms with van der Waals surface area (Å²) >= 11 is 0. The molecule has 2 aromatic heterocycles. The minimum Gasteiger partial charge on any atom is -0.319 e. The summed E-state index contributed by atoms with van der Waals surface area (Å²) in [5, 5.41) is 14.0. The van der Waals surface area contributed by atoms with Gasteiger partial charge in [0.2, 0.25) is 0 Å². The van der Waals surface area contributed by atoms with Crippen molar-refractivity contribution >= 4 is 10.9 Å². The number of hydrogen-bond acceptors (Lipinski definition) is 4. The predicted molar refractivity (Wildman–Crippen MR) is 97.6 cm³/mol. The van der Waals surface area contributed by atoms with Crippen LogP contribution in [0.4, 0.5) is 13.2 Å². The lowest BCUT2D eigenvalue weighted by molar-refractivity contribution is -0.137. The van der Waals surface area contributed by atoms with Gasteiger partial charge in [0.1, 0.15) is 0 Å². The molecule has 0 amide bonds. The minimum absolute atomic E-state index is 0.252. The number of hydrogen-bond donors (Lipinski definition) is 1. The molecule has 0 aliphatic heterocycles. The summed E-state index contributed by atoms with van der Waals surface area (Å²) in [5.74, 6) is 0. The molecular weight excluding hydrogens is 371 g/mol. The van der Waals surface area contributed by atoms with Crippen LogP contribution in [0.15, 0.2) is 29.2 Å². The number of fused-ring (bicyclic) bond motifs is 1. The van der Waals surface area contributed by atoms with Crippen molar-refractivity contribution in [2.75, 3.05) is 0 Å². The molecular formula is C19H18F3N5O. The molecule has 9 heteroatoms. The second-order valence-corrected chi connectivity index (χ2v) is 6.53. The zero-order valence-electron chi connectivity index (χ0n) is 15.5. The van der Waals surface area contributed by atoms with Gasteiger partial charge in [-0.25, -0.2) is 0 Å². The third-order valence-corrected chi connectivity index (χ3v) is 4.76. The molecule has 0 radical (unpaired) electrons. The highest BCUT2D eigenvalue weighted by atomic mass is 19.4. The number of aryl methyl sites for hydroxylation is 3. The lowest BCUT2D eigenvalue weighted by Crippen LogP contribution is -2.20. The van der Waals surface area contributed by atoms with Gasteiger partial charge in [-0.05, 0) is 37.1 Å². The summed E-state index contributed by atoms with van der Waals surface area (Å²) in [7, 11) is 1.62. The Bertz CT molecular complexity index is 1170. The molecule has 0 fully saturated rings. The molecule has 0 spiro atoms. The van der Waals surface area contributed by atoms with Gasteiger partial charge in [-0.2, -0.15) is 23.5 Å². The van der Waals surface area contributed by atoms with Crippen LogP contribution in [0, 0.1) is 18.3 Å². The fraction of sp³-hybridized carbons (Fsp3) is 0.316. The Morgan fingerprint density at radius 1 is 1.36 bits per heavy atom. The topological polar surface area (TPSA) is 89.6 Å². The van der Waals surface area contributed by atoms with Gasteiger partial charge < -0.3 is 10.3 Å². The second kappa shape index (κ2) is 6.80. The van der Waals surface area contributed by atoms with E-state index in [9.17, 15) is 18.0 Å². The van der Waals surface area contributed by atoms with E-state index in [0.717, 1.165) is 17.7 Å². The Morgan fingerprint density at radius 3 is 2.61 bits per heavy atom. The molecule has 0 aliphatic carbocycles. The first kappa shape index (κ1) is 19.6. The van der Waals surface area contributed by atoms with Gasteiger partial charge in [0.15, 0.2) is 5.52 Å². The molecule has 0 bridgehead atoms. The number of pyridine rings is 1. The average Bonchev–Trinajstić information content (AvgIpc) is 3.00. The number of halogens is 3. The molecule has 146 valence electrons. The van der Waals surface area contributed by atoms with Crippen molar-refractivity contribution < 1.29 is 13.2 Å². The van der Waals surface area contributed by atoms with Crippen LogP contribution in [0.3, 0.4) is 0 Å². The highest BCUT2D eigenvalue weighted by molar-refractivity contribution is 5.85. The molecule has 3 aromatic rings. The monoisotopic (exact) mass is 389 g/mol. The van der Waals surface area contributed by atoms with Gasteiger partial charge in [-0.3, -0.25) is 9.48 Å². The maximum absolute atomic E-state index is 13.0. The van der Waals surface area contributed by atoms with E-state index < -0.39 is 23.3 Å². The van der Waals surface area contributed by atoms with Gasteiger partial charge in [-0.15, -0.1) is 0 Å². The first-order chi connectivity index (χ1) is 13.1. The normalized spacial score (nSPS) is 12.9. The average molecular weight is 389 g/mol. The van der Waals surface area contributed by atoms with Crippen molar-refractivity contribution in [3.05, 3.63) is 62.7 Å². The third kappa shape index (κ3) is 3.05. The standard InChI is InChI=1S/C19H18F3N5O/c1-4-27-9-10(2)14-16(18(27)28)25-26(3)17(14)15(24)11-5-6-13(19(20,21)22)12(7-11)8-23/h5-7,9,15H,4,24H2,1-3H3. The molecule has 2 heterocycles. The number of nitrogens with zero attached hydrogens (tertiary/aromatic N) is 4. The molecule has 2 N–H and O–H groups in total. The fourth-order valence-electron chi connectivity index (χ4n) is 3.41. The van der Waals surface area contributed by atoms with Crippen molar-refractivity contribution in [2.24, 2.45) is 12.8 Å². The van der Waals surface area contributed by atoms with E-state index in [1.807, 2.05) is 13.8 Å². The maximum atomic E-state index is 13.0. The summed E-state index contributed by atoms with van der Waals surface area (Å²) in [6, 6.07) is 3.95.